The van der Waals surface area contributed by atoms with E-state index in [4.69, 9.17) is 9.97 Å². The van der Waals surface area contributed by atoms with Gasteiger partial charge in [-0.1, -0.05) is 78.9 Å². The Kier molecular flexibility index (Phi) is 6.79. The van der Waals surface area contributed by atoms with Crippen molar-refractivity contribution < 1.29 is 4.79 Å². The Labute approximate surface area is 222 Å². The van der Waals surface area contributed by atoms with E-state index in [9.17, 15) is 4.79 Å². The van der Waals surface area contributed by atoms with Gasteiger partial charge in [0.05, 0.1) is 29.7 Å². The van der Waals surface area contributed by atoms with Gasteiger partial charge in [0.15, 0.2) is 0 Å². The summed E-state index contributed by atoms with van der Waals surface area (Å²) >= 11 is 0. The maximum Gasteiger partial charge on any atom is 0.228 e. The number of anilines is 2. The van der Waals surface area contributed by atoms with Gasteiger partial charge in [-0.25, -0.2) is 4.98 Å². The van der Waals surface area contributed by atoms with E-state index in [1.165, 1.54) is 5.56 Å². The maximum atomic E-state index is 12.4. The molecule has 2 heterocycles. The number of carbonyl (C=O) groups is 1. The molecule has 0 radical (unpaired) electrons. The molecule has 0 bridgehead atoms. The first-order chi connectivity index (χ1) is 18.7. The first kappa shape index (κ1) is 23.8. The largest absolute Gasteiger partial charge is 0.346 e. The van der Waals surface area contributed by atoms with Gasteiger partial charge in [-0.3, -0.25) is 9.78 Å². The van der Waals surface area contributed by atoms with E-state index in [-0.39, 0.29) is 11.9 Å². The molecule has 6 rings (SSSR count). The van der Waals surface area contributed by atoms with E-state index < -0.39 is 0 Å². The molecule has 5 aromatic rings. The molecule has 38 heavy (non-hydrogen) atoms. The van der Waals surface area contributed by atoms with Gasteiger partial charge < -0.3 is 15.5 Å². The highest BCUT2D eigenvalue weighted by Gasteiger charge is 2.25. The Bertz CT molecular complexity index is 1540. The summed E-state index contributed by atoms with van der Waals surface area (Å²) < 4.78 is 0. The average Bonchev–Trinajstić information content (AvgIpc) is 2.98. The van der Waals surface area contributed by atoms with Crippen molar-refractivity contribution in [1.29, 1.82) is 0 Å². The minimum absolute atomic E-state index is 0.0285. The van der Waals surface area contributed by atoms with Gasteiger partial charge in [0.25, 0.3) is 0 Å². The van der Waals surface area contributed by atoms with Crippen LogP contribution in [0.25, 0.3) is 22.2 Å². The highest BCUT2D eigenvalue weighted by atomic mass is 16.1. The third-order valence-electron chi connectivity index (χ3n) is 6.96. The summed E-state index contributed by atoms with van der Waals surface area (Å²) in [6, 6.07) is 34.6. The Hall–Kier alpha value is -4.55. The Morgan fingerprint density at radius 3 is 2.39 bits per heavy atom. The zero-order chi connectivity index (χ0) is 25.7. The van der Waals surface area contributed by atoms with Crippen LogP contribution in [-0.4, -0.2) is 35.5 Å². The number of nitrogens with zero attached hydrogens (tertiary/aromatic N) is 3. The average molecular weight is 500 g/mol. The normalized spacial score (nSPS) is 15.4. The van der Waals surface area contributed by atoms with E-state index in [2.05, 4.69) is 51.9 Å². The quantitative estimate of drug-likeness (QED) is 0.317. The lowest BCUT2D eigenvalue weighted by atomic mass is 10.0. The van der Waals surface area contributed by atoms with E-state index >= 15 is 0 Å². The van der Waals surface area contributed by atoms with E-state index in [0.29, 0.717) is 6.42 Å². The molecular weight excluding hydrogens is 470 g/mol. The molecule has 1 fully saturated rings. The first-order valence-corrected chi connectivity index (χ1v) is 13.0. The molecule has 1 aliphatic rings. The second-order valence-electron chi connectivity index (χ2n) is 9.54. The van der Waals surface area contributed by atoms with Crippen molar-refractivity contribution in [2.45, 2.75) is 12.5 Å². The number of hydrogen-bond acceptors (Lipinski definition) is 5. The topological polar surface area (TPSA) is 70.2 Å². The number of carbonyl (C=O) groups excluding carboxylic acids is 1. The third kappa shape index (κ3) is 5.26. The fourth-order valence-electron chi connectivity index (χ4n) is 5.00. The van der Waals surface area contributed by atoms with E-state index in [1.807, 2.05) is 72.9 Å². The summed E-state index contributed by atoms with van der Waals surface area (Å²) in [5.41, 5.74) is 6.90. The first-order valence-electron chi connectivity index (χ1n) is 13.0. The second kappa shape index (κ2) is 10.8. The predicted molar refractivity (Wildman–Crippen MR) is 153 cm³/mol. The fourth-order valence-corrected chi connectivity index (χ4v) is 5.00. The van der Waals surface area contributed by atoms with Crippen LogP contribution in [0, 0.1) is 0 Å². The SMILES string of the molecule is O=C(Cc1ccccc1)Nc1ccc(-c2ccc3ncc(N4CCNCC4c4ccccc4)nc3c2)cc1. The highest BCUT2D eigenvalue weighted by molar-refractivity contribution is 5.92. The summed E-state index contributed by atoms with van der Waals surface area (Å²) in [6.45, 7) is 2.66. The zero-order valence-electron chi connectivity index (χ0n) is 21.0. The van der Waals surface area contributed by atoms with Gasteiger partial charge in [0, 0.05) is 25.3 Å². The molecule has 0 spiro atoms. The number of piperazine rings is 1. The second-order valence-corrected chi connectivity index (χ2v) is 9.54. The molecule has 1 unspecified atom stereocenters. The molecule has 6 nitrogen and oxygen atoms in total. The van der Waals surface area contributed by atoms with Crippen molar-refractivity contribution in [3.63, 3.8) is 0 Å². The van der Waals surface area contributed by atoms with Crippen molar-refractivity contribution in [3.8, 4) is 11.1 Å². The van der Waals surface area contributed by atoms with Crippen LogP contribution < -0.4 is 15.5 Å². The summed E-state index contributed by atoms with van der Waals surface area (Å²) in [7, 11) is 0. The van der Waals surface area contributed by atoms with Gasteiger partial charge in [0.1, 0.15) is 5.82 Å². The van der Waals surface area contributed by atoms with Crippen molar-refractivity contribution in [1.82, 2.24) is 15.3 Å². The number of rotatable bonds is 6. The molecule has 6 heteroatoms. The lowest BCUT2D eigenvalue weighted by Gasteiger charge is -2.37. The lowest BCUT2D eigenvalue weighted by molar-refractivity contribution is -0.115. The predicted octanol–water partition coefficient (Wildman–Crippen LogP) is 5.63. The molecule has 1 amide bonds. The molecule has 0 saturated carbocycles. The molecule has 4 aromatic carbocycles. The number of benzene rings is 4. The number of amides is 1. The van der Waals surface area contributed by atoms with Crippen LogP contribution >= 0.6 is 0 Å². The van der Waals surface area contributed by atoms with Crippen LogP contribution in [-0.2, 0) is 11.2 Å². The van der Waals surface area contributed by atoms with Crippen LogP contribution in [0.3, 0.4) is 0 Å². The summed E-state index contributed by atoms with van der Waals surface area (Å²) in [5, 5.41) is 6.50. The smallest absolute Gasteiger partial charge is 0.228 e. The molecule has 1 atom stereocenters. The number of nitrogens with one attached hydrogen (secondary N) is 2. The van der Waals surface area contributed by atoms with Gasteiger partial charge in [-0.2, -0.15) is 0 Å². The summed E-state index contributed by atoms with van der Waals surface area (Å²) in [4.78, 5) is 24.5. The Balaban J connectivity index is 1.21. The molecule has 1 aliphatic heterocycles. The van der Waals surface area contributed by atoms with Crippen LogP contribution in [0.5, 0.6) is 0 Å². The summed E-state index contributed by atoms with van der Waals surface area (Å²) in [6.07, 6.45) is 2.24. The molecule has 2 N–H and O–H groups in total. The fraction of sp³-hybridized carbons (Fsp3) is 0.156. The number of hydrogen-bond donors (Lipinski definition) is 2. The van der Waals surface area contributed by atoms with Crippen LogP contribution in [0.4, 0.5) is 11.5 Å². The maximum absolute atomic E-state index is 12.4. The van der Waals surface area contributed by atoms with Gasteiger partial charge >= 0.3 is 0 Å². The Morgan fingerprint density at radius 2 is 1.61 bits per heavy atom. The molecular formula is C32H29N5O. The van der Waals surface area contributed by atoms with Crippen LogP contribution in [0.2, 0.25) is 0 Å². The van der Waals surface area contributed by atoms with E-state index in [0.717, 1.165) is 58.9 Å². The van der Waals surface area contributed by atoms with Gasteiger partial charge in [-0.15, -0.1) is 0 Å². The van der Waals surface area contributed by atoms with Crippen molar-refractivity contribution in [2.75, 3.05) is 29.9 Å². The Morgan fingerprint density at radius 1 is 0.868 bits per heavy atom. The monoisotopic (exact) mass is 499 g/mol. The van der Waals surface area contributed by atoms with Crippen LogP contribution in [0.15, 0.2) is 109 Å². The highest BCUT2D eigenvalue weighted by Crippen LogP contribution is 2.29. The van der Waals surface area contributed by atoms with Crippen molar-refractivity contribution >= 4 is 28.4 Å². The van der Waals surface area contributed by atoms with Crippen molar-refractivity contribution in [3.05, 3.63) is 120 Å². The minimum atomic E-state index is -0.0285. The van der Waals surface area contributed by atoms with Gasteiger partial charge in [-0.05, 0) is 46.5 Å². The van der Waals surface area contributed by atoms with Gasteiger partial charge in [0.2, 0.25) is 5.91 Å². The molecule has 188 valence electrons. The van der Waals surface area contributed by atoms with E-state index in [1.54, 1.807) is 0 Å². The zero-order valence-corrected chi connectivity index (χ0v) is 21.0. The third-order valence-corrected chi connectivity index (χ3v) is 6.96. The number of fused-ring (bicyclic) bond motifs is 1. The molecule has 1 aromatic heterocycles. The molecule has 0 aliphatic carbocycles. The van der Waals surface area contributed by atoms with Crippen molar-refractivity contribution in [2.24, 2.45) is 0 Å². The number of aromatic nitrogens is 2. The minimum Gasteiger partial charge on any atom is -0.346 e. The molecule has 1 saturated heterocycles. The van der Waals surface area contributed by atoms with Crippen LogP contribution in [0.1, 0.15) is 17.2 Å². The lowest BCUT2D eigenvalue weighted by Crippen LogP contribution is -2.46. The standard InChI is InChI=1S/C32H29N5O/c38-32(19-23-7-3-1-4-8-23)35-27-14-11-24(12-15-27)26-13-16-28-29(20-26)36-31(22-34-28)37-18-17-33-21-30(37)25-9-5-2-6-10-25/h1-16,20,22,30,33H,17-19,21H2,(H,35,38). The summed E-state index contributed by atoms with van der Waals surface area (Å²) in [5.74, 6) is 0.862.